The summed E-state index contributed by atoms with van der Waals surface area (Å²) in [5.41, 5.74) is 0. The molecule has 0 aliphatic rings. The second-order valence-corrected chi connectivity index (χ2v) is 3.67. The van der Waals surface area contributed by atoms with Crippen LogP contribution >= 0.6 is 0 Å². The van der Waals surface area contributed by atoms with E-state index in [4.69, 9.17) is 10.2 Å². The monoisotopic (exact) mass is 232 g/mol. The molecular formula is C11H24N2O3. The highest BCUT2D eigenvalue weighted by Gasteiger charge is 2.23. The predicted octanol–water partition coefficient (Wildman–Crippen LogP) is -0.470. The first-order chi connectivity index (χ1) is 7.62. The van der Waals surface area contributed by atoms with Gasteiger partial charge in [-0.25, -0.2) is 0 Å². The molecule has 0 heterocycles. The molecule has 0 saturated heterocycles. The molecule has 0 aliphatic carbocycles. The fourth-order valence-corrected chi connectivity index (χ4v) is 1.71. The Kier molecular flexibility index (Phi) is 8.15. The van der Waals surface area contributed by atoms with Crippen LogP contribution in [0.1, 0.15) is 20.8 Å². The summed E-state index contributed by atoms with van der Waals surface area (Å²) in [5, 5.41) is 17.8. The number of amides is 1. The Balaban J connectivity index is 4.45. The molecule has 96 valence electrons. The molecule has 0 fully saturated rings. The molecule has 1 unspecified atom stereocenters. The Bertz CT molecular complexity index is 190. The van der Waals surface area contributed by atoms with Gasteiger partial charge in [-0.05, 0) is 20.8 Å². The molecule has 1 atom stereocenters. The minimum atomic E-state index is -0.292. The predicted molar refractivity (Wildman–Crippen MR) is 63.1 cm³/mol. The molecule has 0 bridgehead atoms. The Hall–Kier alpha value is -0.650. The van der Waals surface area contributed by atoms with Gasteiger partial charge in [-0.15, -0.1) is 0 Å². The van der Waals surface area contributed by atoms with Crippen molar-refractivity contribution in [2.75, 3.05) is 39.4 Å². The summed E-state index contributed by atoms with van der Waals surface area (Å²) < 4.78 is 0. The summed E-state index contributed by atoms with van der Waals surface area (Å²) in [6.07, 6.45) is 0. The zero-order valence-corrected chi connectivity index (χ0v) is 10.5. The van der Waals surface area contributed by atoms with Gasteiger partial charge in [0.25, 0.3) is 0 Å². The number of likely N-dealkylation sites (N-methyl/N-ethyl adjacent to an activating group) is 1. The van der Waals surface area contributed by atoms with Gasteiger partial charge in [-0.2, -0.15) is 0 Å². The maximum absolute atomic E-state index is 12.0. The third-order valence-corrected chi connectivity index (χ3v) is 2.75. The molecule has 5 heteroatoms. The lowest BCUT2D eigenvalue weighted by atomic mass is 10.2. The SMILES string of the molecule is CCN(CC)C(=O)C(C)N(CCO)CCO. The quantitative estimate of drug-likeness (QED) is 0.594. The lowest BCUT2D eigenvalue weighted by Crippen LogP contribution is -2.48. The van der Waals surface area contributed by atoms with E-state index in [0.29, 0.717) is 26.2 Å². The summed E-state index contributed by atoms with van der Waals surface area (Å²) in [5.74, 6) is 0.0481. The number of hydrogen-bond donors (Lipinski definition) is 2. The molecule has 16 heavy (non-hydrogen) atoms. The van der Waals surface area contributed by atoms with Crippen molar-refractivity contribution in [3.8, 4) is 0 Å². The van der Waals surface area contributed by atoms with Gasteiger partial charge < -0.3 is 15.1 Å². The third kappa shape index (κ3) is 4.47. The topological polar surface area (TPSA) is 64.0 Å². The average Bonchev–Trinajstić information content (AvgIpc) is 2.29. The Morgan fingerprint density at radius 1 is 1.12 bits per heavy atom. The fourth-order valence-electron chi connectivity index (χ4n) is 1.71. The lowest BCUT2D eigenvalue weighted by Gasteiger charge is -2.31. The largest absolute Gasteiger partial charge is 0.395 e. The molecule has 1 amide bonds. The van der Waals surface area contributed by atoms with Gasteiger partial charge in [0.05, 0.1) is 19.3 Å². The molecule has 5 nitrogen and oxygen atoms in total. The van der Waals surface area contributed by atoms with Gasteiger partial charge in [0.2, 0.25) is 5.91 Å². The van der Waals surface area contributed by atoms with Gasteiger partial charge in [-0.1, -0.05) is 0 Å². The lowest BCUT2D eigenvalue weighted by molar-refractivity contribution is -0.136. The van der Waals surface area contributed by atoms with Gasteiger partial charge in [0.15, 0.2) is 0 Å². The molecule has 0 aromatic heterocycles. The van der Waals surface area contributed by atoms with Gasteiger partial charge >= 0.3 is 0 Å². The van der Waals surface area contributed by atoms with Crippen LogP contribution in [0.2, 0.25) is 0 Å². The number of hydrogen-bond acceptors (Lipinski definition) is 4. The maximum atomic E-state index is 12.0. The van der Waals surface area contributed by atoms with Crippen molar-refractivity contribution >= 4 is 5.91 Å². The van der Waals surface area contributed by atoms with E-state index < -0.39 is 0 Å². The second-order valence-electron chi connectivity index (χ2n) is 3.67. The second kappa shape index (κ2) is 8.50. The van der Waals surface area contributed by atoms with Gasteiger partial charge in [0.1, 0.15) is 0 Å². The molecule has 0 spiro atoms. The number of aliphatic hydroxyl groups is 2. The number of carbonyl (C=O) groups excluding carboxylic acids is 1. The van der Waals surface area contributed by atoms with Crippen LogP contribution < -0.4 is 0 Å². The smallest absolute Gasteiger partial charge is 0.239 e. The van der Waals surface area contributed by atoms with E-state index in [1.165, 1.54) is 0 Å². The number of nitrogens with zero attached hydrogens (tertiary/aromatic N) is 2. The van der Waals surface area contributed by atoms with Crippen LogP contribution in [-0.2, 0) is 4.79 Å². The third-order valence-electron chi connectivity index (χ3n) is 2.75. The number of rotatable bonds is 8. The summed E-state index contributed by atoms with van der Waals surface area (Å²) in [4.78, 5) is 15.6. The minimum Gasteiger partial charge on any atom is -0.395 e. The Morgan fingerprint density at radius 3 is 1.88 bits per heavy atom. The fraction of sp³-hybridized carbons (Fsp3) is 0.909. The van der Waals surface area contributed by atoms with Crippen LogP contribution in [0.4, 0.5) is 0 Å². The molecule has 0 aromatic carbocycles. The number of carbonyl (C=O) groups is 1. The van der Waals surface area contributed by atoms with Crippen LogP contribution in [0.5, 0.6) is 0 Å². The highest BCUT2D eigenvalue weighted by Crippen LogP contribution is 2.03. The molecule has 0 rings (SSSR count). The van der Waals surface area contributed by atoms with Crippen LogP contribution in [-0.4, -0.2) is 71.4 Å². The van der Waals surface area contributed by atoms with E-state index in [1.54, 1.807) is 9.80 Å². The summed E-state index contributed by atoms with van der Waals surface area (Å²) in [6, 6.07) is -0.292. The van der Waals surface area contributed by atoms with Crippen LogP contribution in [0, 0.1) is 0 Å². The maximum Gasteiger partial charge on any atom is 0.239 e. The van der Waals surface area contributed by atoms with E-state index in [1.807, 2.05) is 20.8 Å². The molecule has 0 aromatic rings. The van der Waals surface area contributed by atoms with Gasteiger partial charge in [0, 0.05) is 26.2 Å². The summed E-state index contributed by atoms with van der Waals surface area (Å²) in [7, 11) is 0. The van der Waals surface area contributed by atoms with Gasteiger partial charge in [-0.3, -0.25) is 9.69 Å². The van der Waals surface area contributed by atoms with Crippen molar-refractivity contribution in [1.82, 2.24) is 9.80 Å². The first-order valence-corrected chi connectivity index (χ1v) is 5.86. The average molecular weight is 232 g/mol. The van der Waals surface area contributed by atoms with Crippen molar-refractivity contribution in [2.45, 2.75) is 26.8 Å². The zero-order valence-electron chi connectivity index (χ0n) is 10.5. The number of aliphatic hydroxyl groups excluding tert-OH is 2. The van der Waals surface area contributed by atoms with Crippen LogP contribution in [0.3, 0.4) is 0 Å². The highest BCUT2D eigenvalue weighted by atomic mass is 16.3. The summed E-state index contributed by atoms with van der Waals surface area (Å²) in [6.45, 7) is 7.88. The van der Waals surface area contributed by atoms with Crippen LogP contribution in [0.25, 0.3) is 0 Å². The zero-order chi connectivity index (χ0) is 12.6. The Morgan fingerprint density at radius 2 is 1.56 bits per heavy atom. The first kappa shape index (κ1) is 15.3. The van der Waals surface area contributed by atoms with Crippen molar-refractivity contribution in [3.63, 3.8) is 0 Å². The van der Waals surface area contributed by atoms with E-state index >= 15 is 0 Å². The van der Waals surface area contributed by atoms with Crippen molar-refractivity contribution in [1.29, 1.82) is 0 Å². The van der Waals surface area contributed by atoms with E-state index in [9.17, 15) is 4.79 Å². The normalized spacial score (nSPS) is 12.9. The van der Waals surface area contributed by atoms with E-state index in [-0.39, 0.29) is 25.2 Å². The molecule has 0 aliphatic heterocycles. The molecule has 2 N–H and O–H groups in total. The van der Waals surface area contributed by atoms with E-state index in [2.05, 4.69) is 0 Å². The summed E-state index contributed by atoms with van der Waals surface area (Å²) >= 11 is 0. The van der Waals surface area contributed by atoms with E-state index in [0.717, 1.165) is 0 Å². The van der Waals surface area contributed by atoms with Crippen molar-refractivity contribution in [3.05, 3.63) is 0 Å². The van der Waals surface area contributed by atoms with Crippen LogP contribution in [0.15, 0.2) is 0 Å². The molecule has 0 radical (unpaired) electrons. The Labute approximate surface area is 97.7 Å². The standard InChI is InChI=1S/C11H24N2O3/c1-4-12(5-2)11(16)10(3)13(6-8-14)7-9-15/h10,14-15H,4-9H2,1-3H3. The molecular weight excluding hydrogens is 208 g/mol. The highest BCUT2D eigenvalue weighted by molar-refractivity contribution is 5.81. The first-order valence-electron chi connectivity index (χ1n) is 5.86. The van der Waals surface area contributed by atoms with Crippen molar-refractivity contribution < 1.29 is 15.0 Å². The minimum absolute atomic E-state index is 0.00410. The van der Waals surface area contributed by atoms with Crippen molar-refractivity contribution in [2.24, 2.45) is 0 Å². The molecule has 0 saturated carbocycles.